The Kier molecular flexibility index (Phi) is 4.81. The predicted molar refractivity (Wildman–Crippen MR) is 75.9 cm³/mol. The number of halogens is 1. The van der Waals surface area contributed by atoms with Gasteiger partial charge in [0.15, 0.2) is 0 Å². The molecule has 19 heavy (non-hydrogen) atoms. The molecule has 1 aliphatic carbocycles. The van der Waals surface area contributed by atoms with Crippen molar-refractivity contribution in [2.75, 3.05) is 7.11 Å². The number of benzene rings is 1. The highest BCUT2D eigenvalue weighted by Gasteiger charge is 2.21. The number of hydrogen-bond donors (Lipinski definition) is 1. The van der Waals surface area contributed by atoms with Gasteiger partial charge in [0.25, 0.3) is 0 Å². The lowest BCUT2D eigenvalue weighted by molar-refractivity contribution is 0.290. The molecule has 1 aromatic rings. The van der Waals surface area contributed by atoms with Gasteiger partial charge in [-0.1, -0.05) is 13.0 Å². The molecule has 0 heterocycles. The van der Waals surface area contributed by atoms with Gasteiger partial charge in [-0.25, -0.2) is 4.39 Å². The largest absolute Gasteiger partial charge is 0.497 e. The monoisotopic (exact) mass is 265 g/mol. The van der Waals surface area contributed by atoms with Crippen LogP contribution in [0, 0.1) is 11.7 Å². The van der Waals surface area contributed by atoms with Crippen LogP contribution in [0.1, 0.15) is 51.1 Å². The summed E-state index contributed by atoms with van der Waals surface area (Å²) in [6.45, 7) is 4.34. The van der Waals surface area contributed by atoms with Crippen molar-refractivity contribution in [1.82, 2.24) is 5.32 Å². The van der Waals surface area contributed by atoms with Gasteiger partial charge >= 0.3 is 0 Å². The van der Waals surface area contributed by atoms with Gasteiger partial charge in [0.05, 0.1) is 7.11 Å². The molecule has 1 aliphatic rings. The van der Waals surface area contributed by atoms with Gasteiger partial charge < -0.3 is 10.1 Å². The van der Waals surface area contributed by atoms with Crippen molar-refractivity contribution in [2.45, 2.75) is 51.6 Å². The van der Waals surface area contributed by atoms with Crippen LogP contribution in [0.3, 0.4) is 0 Å². The summed E-state index contributed by atoms with van der Waals surface area (Å²) in [5.74, 6) is 1.22. The zero-order chi connectivity index (χ0) is 13.8. The van der Waals surface area contributed by atoms with E-state index < -0.39 is 0 Å². The second-order valence-corrected chi connectivity index (χ2v) is 5.73. The van der Waals surface area contributed by atoms with Crippen LogP contribution in [0.2, 0.25) is 0 Å². The van der Waals surface area contributed by atoms with Crippen molar-refractivity contribution in [1.29, 1.82) is 0 Å². The minimum Gasteiger partial charge on any atom is -0.497 e. The van der Waals surface area contributed by atoms with Gasteiger partial charge in [0.2, 0.25) is 0 Å². The van der Waals surface area contributed by atoms with Crippen molar-refractivity contribution >= 4 is 0 Å². The highest BCUT2D eigenvalue weighted by Crippen LogP contribution is 2.27. The topological polar surface area (TPSA) is 21.3 Å². The average Bonchev–Trinajstić information content (AvgIpc) is 2.41. The van der Waals surface area contributed by atoms with Crippen molar-refractivity contribution < 1.29 is 9.13 Å². The third-order valence-electron chi connectivity index (χ3n) is 4.18. The molecule has 1 N–H and O–H groups in total. The van der Waals surface area contributed by atoms with E-state index in [-0.39, 0.29) is 11.9 Å². The lowest BCUT2D eigenvalue weighted by Crippen LogP contribution is -2.34. The maximum Gasteiger partial charge on any atom is 0.131 e. The molecule has 1 aromatic carbocycles. The Morgan fingerprint density at radius 2 is 1.95 bits per heavy atom. The Morgan fingerprint density at radius 3 is 2.53 bits per heavy atom. The van der Waals surface area contributed by atoms with Crippen LogP contribution in [0.25, 0.3) is 0 Å². The minimum atomic E-state index is -0.191. The number of hydrogen-bond acceptors (Lipinski definition) is 2. The summed E-state index contributed by atoms with van der Waals surface area (Å²) in [7, 11) is 1.55. The Bertz CT molecular complexity index is 413. The van der Waals surface area contributed by atoms with Crippen molar-refractivity contribution in [3.63, 3.8) is 0 Å². The first-order valence-electron chi connectivity index (χ1n) is 7.19. The van der Waals surface area contributed by atoms with Crippen LogP contribution < -0.4 is 10.1 Å². The van der Waals surface area contributed by atoms with Crippen LogP contribution in [-0.4, -0.2) is 13.2 Å². The predicted octanol–water partition coefficient (Wildman–Crippen LogP) is 4.06. The summed E-state index contributed by atoms with van der Waals surface area (Å²) in [5.41, 5.74) is 0.722. The lowest BCUT2D eigenvalue weighted by Gasteiger charge is -2.30. The van der Waals surface area contributed by atoms with Gasteiger partial charge in [-0.2, -0.15) is 0 Å². The van der Waals surface area contributed by atoms with Crippen LogP contribution >= 0.6 is 0 Å². The number of rotatable bonds is 4. The van der Waals surface area contributed by atoms with Crippen LogP contribution in [0.5, 0.6) is 5.75 Å². The van der Waals surface area contributed by atoms with E-state index in [1.54, 1.807) is 7.11 Å². The summed E-state index contributed by atoms with van der Waals surface area (Å²) in [6, 6.07) is 5.66. The van der Waals surface area contributed by atoms with E-state index >= 15 is 0 Å². The minimum absolute atomic E-state index is 0.0457. The molecule has 2 rings (SSSR count). The smallest absolute Gasteiger partial charge is 0.131 e. The molecular weight excluding hydrogens is 241 g/mol. The fourth-order valence-electron chi connectivity index (χ4n) is 2.86. The molecule has 0 bridgehead atoms. The van der Waals surface area contributed by atoms with Gasteiger partial charge in [-0.3, -0.25) is 0 Å². The molecule has 0 amide bonds. The third kappa shape index (κ3) is 3.69. The summed E-state index contributed by atoms with van der Waals surface area (Å²) < 4.78 is 19.0. The lowest BCUT2D eigenvalue weighted by atomic mass is 9.87. The normalized spacial score (nSPS) is 25.1. The summed E-state index contributed by atoms with van der Waals surface area (Å²) in [5, 5.41) is 3.55. The van der Waals surface area contributed by atoms with Crippen LogP contribution in [-0.2, 0) is 0 Å². The molecular formula is C16H24FNO. The second-order valence-electron chi connectivity index (χ2n) is 5.73. The summed E-state index contributed by atoms with van der Waals surface area (Å²) >= 11 is 0. The zero-order valence-corrected chi connectivity index (χ0v) is 12.1. The summed E-state index contributed by atoms with van der Waals surface area (Å²) in [6.07, 6.45) is 4.94. The molecule has 3 heteroatoms. The van der Waals surface area contributed by atoms with Crippen molar-refractivity contribution in [3.8, 4) is 5.75 Å². The molecule has 0 aliphatic heterocycles. The Labute approximate surface area is 115 Å². The highest BCUT2D eigenvalue weighted by molar-refractivity contribution is 5.30. The van der Waals surface area contributed by atoms with E-state index in [1.165, 1.54) is 31.7 Å². The van der Waals surface area contributed by atoms with E-state index in [9.17, 15) is 4.39 Å². The maximum atomic E-state index is 14.0. The number of ether oxygens (including phenoxy) is 1. The van der Waals surface area contributed by atoms with E-state index in [1.807, 2.05) is 19.1 Å². The molecule has 0 saturated heterocycles. The molecule has 1 saturated carbocycles. The first kappa shape index (κ1) is 14.3. The molecule has 1 unspecified atom stereocenters. The molecule has 2 nitrogen and oxygen atoms in total. The quantitative estimate of drug-likeness (QED) is 0.886. The average molecular weight is 265 g/mol. The first-order chi connectivity index (χ1) is 9.10. The fraction of sp³-hybridized carbons (Fsp3) is 0.625. The molecule has 1 fully saturated rings. The van der Waals surface area contributed by atoms with Gasteiger partial charge in [-0.05, 0) is 44.6 Å². The van der Waals surface area contributed by atoms with Crippen molar-refractivity contribution in [3.05, 3.63) is 29.6 Å². The molecule has 0 spiro atoms. The molecule has 1 atom stereocenters. The fourth-order valence-corrected chi connectivity index (χ4v) is 2.86. The Balaban J connectivity index is 1.97. The SMILES string of the molecule is COc1ccc(C(C)NC2CCC(C)CC2)c(F)c1. The zero-order valence-electron chi connectivity index (χ0n) is 12.1. The number of nitrogens with one attached hydrogen (secondary N) is 1. The van der Waals surface area contributed by atoms with E-state index in [4.69, 9.17) is 4.74 Å². The van der Waals surface area contributed by atoms with Gasteiger partial charge in [-0.15, -0.1) is 0 Å². The third-order valence-corrected chi connectivity index (χ3v) is 4.18. The van der Waals surface area contributed by atoms with E-state index in [2.05, 4.69) is 12.2 Å². The van der Waals surface area contributed by atoms with Crippen molar-refractivity contribution in [2.24, 2.45) is 5.92 Å². The number of methoxy groups -OCH3 is 1. The Hall–Kier alpha value is -1.09. The van der Waals surface area contributed by atoms with Crippen LogP contribution in [0.15, 0.2) is 18.2 Å². The second kappa shape index (κ2) is 6.38. The maximum absolute atomic E-state index is 14.0. The first-order valence-corrected chi connectivity index (χ1v) is 7.19. The van der Waals surface area contributed by atoms with Gasteiger partial charge in [0, 0.05) is 23.7 Å². The Morgan fingerprint density at radius 1 is 1.26 bits per heavy atom. The molecule has 0 radical (unpaired) electrons. The highest BCUT2D eigenvalue weighted by atomic mass is 19.1. The van der Waals surface area contributed by atoms with Gasteiger partial charge in [0.1, 0.15) is 11.6 Å². The summed E-state index contributed by atoms with van der Waals surface area (Å²) in [4.78, 5) is 0. The molecule has 106 valence electrons. The standard InChI is InChI=1S/C16H24FNO/c1-11-4-6-13(7-5-11)18-12(2)15-9-8-14(19-3)10-16(15)17/h8-13,18H,4-7H2,1-3H3. The van der Waals surface area contributed by atoms with E-state index in [0.29, 0.717) is 11.8 Å². The molecule has 0 aromatic heterocycles. The van der Waals surface area contributed by atoms with Crippen LogP contribution in [0.4, 0.5) is 4.39 Å². The van der Waals surface area contributed by atoms with E-state index in [0.717, 1.165) is 11.5 Å².